The number of carboxylic acids is 1. The molecule has 0 saturated carbocycles. The molecule has 108 valence electrons. The molecule has 1 aliphatic rings. The van der Waals surface area contributed by atoms with Crippen molar-refractivity contribution in [3.05, 3.63) is 47.9 Å². The molecule has 1 atom stereocenters. The molecule has 0 bridgehead atoms. The first-order valence-corrected chi connectivity index (χ1v) is 7.08. The summed E-state index contributed by atoms with van der Waals surface area (Å²) in [5.74, 6) is -0.296. The summed E-state index contributed by atoms with van der Waals surface area (Å²) in [6.07, 6.45) is 5.64. The first-order valence-electron chi connectivity index (χ1n) is 7.08. The minimum Gasteiger partial charge on any atom is -0.478 e. The lowest BCUT2D eigenvalue weighted by Crippen LogP contribution is -2.11. The molecule has 0 amide bonds. The quantitative estimate of drug-likeness (QED) is 0.897. The molecule has 5 heteroatoms. The van der Waals surface area contributed by atoms with E-state index < -0.39 is 5.97 Å². The molecule has 0 radical (unpaired) electrons. The Labute approximate surface area is 123 Å². The van der Waals surface area contributed by atoms with Crippen molar-refractivity contribution in [3.63, 3.8) is 0 Å². The molecule has 0 aliphatic carbocycles. The average Bonchev–Trinajstić information content (AvgIpc) is 3.01. The Morgan fingerprint density at radius 3 is 2.90 bits per heavy atom. The fourth-order valence-electron chi connectivity index (χ4n) is 2.61. The predicted molar refractivity (Wildman–Crippen MR) is 79.1 cm³/mol. The van der Waals surface area contributed by atoms with Crippen LogP contribution in [0.1, 0.15) is 22.5 Å². The van der Waals surface area contributed by atoms with Crippen LogP contribution in [0, 0.1) is 5.92 Å². The zero-order chi connectivity index (χ0) is 14.7. The highest BCUT2D eigenvalue weighted by Crippen LogP contribution is 2.19. The third-order valence-electron chi connectivity index (χ3n) is 3.77. The number of nitrogens with zero attached hydrogens (tertiary/aromatic N) is 2. The van der Waals surface area contributed by atoms with Crippen molar-refractivity contribution in [2.24, 2.45) is 5.92 Å². The van der Waals surface area contributed by atoms with Crippen LogP contribution in [0.15, 0.2) is 36.7 Å². The molecule has 2 aromatic rings. The molecule has 1 aromatic heterocycles. The van der Waals surface area contributed by atoms with Gasteiger partial charge in [0, 0.05) is 11.8 Å². The van der Waals surface area contributed by atoms with Gasteiger partial charge in [-0.3, -0.25) is 9.97 Å². The van der Waals surface area contributed by atoms with E-state index in [9.17, 15) is 4.79 Å². The van der Waals surface area contributed by atoms with E-state index in [2.05, 4.69) is 15.3 Å². The van der Waals surface area contributed by atoms with E-state index in [1.165, 1.54) is 6.42 Å². The Bertz CT molecular complexity index is 634. The Balaban J connectivity index is 1.77. The summed E-state index contributed by atoms with van der Waals surface area (Å²) in [6, 6.07) is 6.75. The minimum absolute atomic E-state index is 0.260. The summed E-state index contributed by atoms with van der Waals surface area (Å²) in [5.41, 5.74) is 2.72. The average molecular weight is 283 g/mol. The number of benzene rings is 1. The van der Waals surface area contributed by atoms with Crippen molar-refractivity contribution >= 4 is 5.97 Å². The molecule has 1 fully saturated rings. The SMILES string of the molecule is O=C(O)c1cccc(-c2cnc(CC3CCNC3)cn2)c1. The molecule has 1 unspecified atom stereocenters. The molecule has 1 aromatic carbocycles. The van der Waals surface area contributed by atoms with Gasteiger partial charge in [0.25, 0.3) is 0 Å². The topological polar surface area (TPSA) is 75.1 Å². The van der Waals surface area contributed by atoms with Gasteiger partial charge in [0.15, 0.2) is 0 Å². The zero-order valence-corrected chi connectivity index (χ0v) is 11.6. The van der Waals surface area contributed by atoms with Gasteiger partial charge in [0.1, 0.15) is 0 Å². The van der Waals surface area contributed by atoms with Gasteiger partial charge in [0.2, 0.25) is 0 Å². The van der Waals surface area contributed by atoms with Gasteiger partial charge >= 0.3 is 5.97 Å². The predicted octanol–water partition coefficient (Wildman–Crippen LogP) is 1.99. The highest BCUT2D eigenvalue weighted by atomic mass is 16.4. The number of aromatic nitrogens is 2. The minimum atomic E-state index is -0.935. The second kappa shape index (κ2) is 6.01. The Kier molecular flexibility index (Phi) is 3.92. The molecule has 3 rings (SSSR count). The van der Waals surface area contributed by atoms with Crippen LogP contribution in [0.2, 0.25) is 0 Å². The summed E-state index contributed by atoms with van der Waals surface area (Å²) >= 11 is 0. The van der Waals surface area contributed by atoms with Crippen molar-refractivity contribution in [3.8, 4) is 11.3 Å². The number of hydrogen-bond acceptors (Lipinski definition) is 4. The fourth-order valence-corrected chi connectivity index (χ4v) is 2.61. The molecule has 1 saturated heterocycles. The van der Waals surface area contributed by atoms with Gasteiger partial charge < -0.3 is 10.4 Å². The van der Waals surface area contributed by atoms with Gasteiger partial charge in [-0.15, -0.1) is 0 Å². The summed E-state index contributed by atoms with van der Waals surface area (Å²) in [7, 11) is 0. The third-order valence-corrected chi connectivity index (χ3v) is 3.77. The van der Waals surface area contributed by atoms with E-state index in [0.29, 0.717) is 11.6 Å². The van der Waals surface area contributed by atoms with Crippen LogP contribution in [0.3, 0.4) is 0 Å². The maximum atomic E-state index is 11.0. The third kappa shape index (κ3) is 3.25. The van der Waals surface area contributed by atoms with Crippen LogP contribution in [-0.2, 0) is 6.42 Å². The van der Waals surface area contributed by atoms with Crippen molar-refractivity contribution in [2.45, 2.75) is 12.8 Å². The molecule has 1 aliphatic heterocycles. The summed E-state index contributed by atoms with van der Waals surface area (Å²) in [4.78, 5) is 19.9. The Morgan fingerprint density at radius 2 is 2.24 bits per heavy atom. The Morgan fingerprint density at radius 1 is 1.33 bits per heavy atom. The van der Waals surface area contributed by atoms with Crippen molar-refractivity contribution < 1.29 is 9.90 Å². The number of rotatable bonds is 4. The van der Waals surface area contributed by atoms with E-state index >= 15 is 0 Å². The molecule has 0 spiro atoms. The number of hydrogen-bond donors (Lipinski definition) is 2. The van der Waals surface area contributed by atoms with Crippen molar-refractivity contribution in [2.75, 3.05) is 13.1 Å². The lowest BCUT2D eigenvalue weighted by Gasteiger charge is -2.08. The molecule has 2 heterocycles. The number of nitrogens with one attached hydrogen (secondary N) is 1. The van der Waals surface area contributed by atoms with Gasteiger partial charge in [0.05, 0.1) is 23.1 Å². The number of carboxylic acid groups (broad SMARTS) is 1. The van der Waals surface area contributed by atoms with Crippen LogP contribution in [-0.4, -0.2) is 34.1 Å². The standard InChI is InChI=1S/C16H17N3O2/c20-16(21)13-3-1-2-12(7-13)15-10-18-14(9-19-15)6-11-4-5-17-8-11/h1-3,7,9-11,17H,4-6,8H2,(H,20,21). The molecular formula is C16H17N3O2. The number of aromatic carboxylic acids is 1. The fraction of sp³-hybridized carbons (Fsp3) is 0.312. The van der Waals surface area contributed by atoms with Crippen LogP contribution in [0.25, 0.3) is 11.3 Å². The van der Waals surface area contributed by atoms with Gasteiger partial charge in [-0.1, -0.05) is 12.1 Å². The van der Waals surface area contributed by atoms with Crippen LogP contribution in [0.4, 0.5) is 0 Å². The second-order valence-corrected chi connectivity index (χ2v) is 5.34. The molecule has 2 N–H and O–H groups in total. The normalized spacial score (nSPS) is 17.8. The maximum Gasteiger partial charge on any atom is 0.335 e. The molecular weight excluding hydrogens is 266 g/mol. The first kappa shape index (κ1) is 13.7. The van der Waals surface area contributed by atoms with Crippen LogP contribution >= 0.6 is 0 Å². The first-order chi connectivity index (χ1) is 10.2. The lowest BCUT2D eigenvalue weighted by molar-refractivity contribution is 0.0697. The lowest BCUT2D eigenvalue weighted by atomic mass is 10.0. The van der Waals surface area contributed by atoms with Gasteiger partial charge in [-0.25, -0.2) is 4.79 Å². The summed E-state index contributed by atoms with van der Waals surface area (Å²) < 4.78 is 0. The van der Waals surface area contributed by atoms with Crippen molar-refractivity contribution in [1.82, 2.24) is 15.3 Å². The molecule has 21 heavy (non-hydrogen) atoms. The zero-order valence-electron chi connectivity index (χ0n) is 11.6. The monoisotopic (exact) mass is 283 g/mol. The van der Waals surface area contributed by atoms with E-state index in [0.717, 1.165) is 30.8 Å². The number of carbonyl (C=O) groups is 1. The van der Waals surface area contributed by atoms with E-state index in [-0.39, 0.29) is 5.56 Å². The van der Waals surface area contributed by atoms with Crippen LogP contribution < -0.4 is 5.32 Å². The van der Waals surface area contributed by atoms with Gasteiger partial charge in [-0.05, 0) is 44.0 Å². The van der Waals surface area contributed by atoms with Crippen molar-refractivity contribution in [1.29, 1.82) is 0 Å². The summed E-state index contributed by atoms with van der Waals surface area (Å²) in [6.45, 7) is 2.13. The molecule has 5 nitrogen and oxygen atoms in total. The second-order valence-electron chi connectivity index (χ2n) is 5.34. The van der Waals surface area contributed by atoms with Crippen LogP contribution in [0.5, 0.6) is 0 Å². The van der Waals surface area contributed by atoms with E-state index in [1.807, 2.05) is 6.07 Å². The summed E-state index contributed by atoms with van der Waals surface area (Å²) in [5, 5.41) is 12.4. The maximum absolute atomic E-state index is 11.0. The highest BCUT2D eigenvalue weighted by Gasteiger charge is 2.15. The Hall–Kier alpha value is -2.27. The highest BCUT2D eigenvalue weighted by molar-refractivity contribution is 5.89. The smallest absolute Gasteiger partial charge is 0.335 e. The largest absolute Gasteiger partial charge is 0.478 e. The van der Waals surface area contributed by atoms with E-state index in [4.69, 9.17) is 5.11 Å². The van der Waals surface area contributed by atoms with E-state index in [1.54, 1.807) is 30.6 Å². The van der Waals surface area contributed by atoms with Gasteiger partial charge in [-0.2, -0.15) is 0 Å².